The summed E-state index contributed by atoms with van der Waals surface area (Å²) < 4.78 is 10.5. The van der Waals surface area contributed by atoms with Gasteiger partial charge in [0.2, 0.25) is 0 Å². The topological polar surface area (TPSA) is 92.3 Å². The summed E-state index contributed by atoms with van der Waals surface area (Å²) in [5.41, 5.74) is 1.20. The van der Waals surface area contributed by atoms with Crippen molar-refractivity contribution in [2.24, 2.45) is 4.99 Å². The molecule has 0 saturated carbocycles. The number of carbonyl (C=O) groups is 1. The van der Waals surface area contributed by atoms with Crippen LogP contribution in [0.5, 0.6) is 5.75 Å². The van der Waals surface area contributed by atoms with Crippen LogP contribution in [0.2, 0.25) is 0 Å². The third-order valence-electron chi connectivity index (χ3n) is 4.28. The van der Waals surface area contributed by atoms with Gasteiger partial charge in [-0.15, -0.1) is 0 Å². The van der Waals surface area contributed by atoms with Gasteiger partial charge in [-0.2, -0.15) is 0 Å². The third-order valence-corrected chi connectivity index (χ3v) is 4.28. The Bertz CT molecular complexity index is 1110. The Morgan fingerprint density at radius 2 is 1.93 bits per heavy atom. The number of ether oxygens (including phenoxy) is 1. The Hall–Kier alpha value is -3.61. The van der Waals surface area contributed by atoms with E-state index in [1.807, 2.05) is 21.0 Å². The summed E-state index contributed by atoms with van der Waals surface area (Å²) in [5, 5.41) is 11.0. The molecule has 0 bridgehead atoms. The summed E-state index contributed by atoms with van der Waals surface area (Å²) in [6.07, 6.45) is 2.01. The van der Waals surface area contributed by atoms with Crippen molar-refractivity contribution in [2.45, 2.75) is 13.3 Å². The molecule has 7 heteroatoms. The van der Waals surface area contributed by atoms with Crippen LogP contribution in [0, 0.1) is 0 Å². The lowest BCUT2D eigenvalue weighted by Crippen LogP contribution is -2.12. The number of nitrogens with zero attached hydrogens (tertiary/aromatic N) is 2. The lowest BCUT2D eigenvalue weighted by Gasteiger charge is -2.14. The standard InChI is InChI=1S/C22H22N2O5/c1-4-12-28-21(26)14-8-10-15(11-9-14)23-13-17-19(25)16-6-5-7-18(24(2)3)20(16)29-22(17)27/h5-11,13,25H,4,12H2,1-3H3. The Labute approximate surface area is 167 Å². The molecule has 7 nitrogen and oxygen atoms in total. The number of hydrogen-bond donors (Lipinski definition) is 1. The molecule has 1 aromatic heterocycles. The molecule has 0 fully saturated rings. The van der Waals surface area contributed by atoms with Crippen LogP contribution in [-0.2, 0) is 4.74 Å². The number of anilines is 1. The Balaban J connectivity index is 1.91. The first-order valence-electron chi connectivity index (χ1n) is 9.19. The van der Waals surface area contributed by atoms with Crippen molar-refractivity contribution >= 4 is 34.5 Å². The SMILES string of the molecule is CCCOC(=O)c1ccc(N=Cc2c(O)c3cccc(N(C)C)c3oc2=O)cc1. The molecule has 1 heterocycles. The van der Waals surface area contributed by atoms with Crippen LogP contribution in [0.25, 0.3) is 11.0 Å². The van der Waals surface area contributed by atoms with Crippen LogP contribution in [0.3, 0.4) is 0 Å². The molecule has 0 radical (unpaired) electrons. The highest BCUT2D eigenvalue weighted by Crippen LogP contribution is 2.31. The molecular formula is C22H22N2O5. The maximum Gasteiger partial charge on any atom is 0.349 e. The highest BCUT2D eigenvalue weighted by molar-refractivity contribution is 5.98. The van der Waals surface area contributed by atoms with Gasteiger partial charge in [-0.1, -0.05) is 13.0 Å². The van der Waals surface area contributed by atoms with Crippen LogP contribution in [0.1, 0.15) is 29.3 Å². The zero-order valence-electron chi connectivity index (χ0n) is 16.5. The molecular weight excluding hydrogens is 372 g/mol. The molecule has 0 amide bonds. The van der Waals surface area contributed by atoms with Crippen LogP contribution in [-0.4, -0.2) is 38.0 Å². The first-order valence-corrected chi connectivity index (χ1v) is 9.19. The molecule has 0 unspecified atom stereocenters. The number of carbonyl (C=O) groups excluding carboxylic acids is 1. The summed E-state index contributed by atoms with van der Waals surface area (Å²) in [5.74, 6) is -0.588. The average Bonchev–Trinajstić information content (AvgIpc) is 2.71. The highest BCUT2D eigenvalue weighted by Gasteiger charge is 2.15. The largest absolute Gasteiger partial charge is 0.506 e. The van der Waals surface area contributed by atoms with Gasteiger partial charge in [0.1, 0.15) is 11.3 Å². The second kappa shape index (κ2) is 8.60. The number of fused-ring (bicyclic) bond motifs is 1. The predicted molar refractivity (Wildman–Crippen MR) is 113 cm³/mol. The molecule has 3 aromatic rings. The van der Waals surface area contributed by atoms with E-state index in [1.165, 1.54) is 6.21 Å². The first kappa shape index (κ1) is 20.1. The van der Waals surface area contributed by atoms with Crippen molar-refractivity contribution in [2.75, 3.05) is 25.6 Å². The summed E-state index contributed by atoms with van der Waals surface area (Å²) >= 11 is 0. The zero-order chi connectivity index (χ0) is 21.0. The van der Waals surface area contributed by atoms with Gasteiger partial charge in [-0.05, 0) is 42.8 Å². The van der Waals surface area contributed by atoms with Gasteiger partial charge in [-0.3, -0.25) is 4.99 Å². The van der Waals surface area contributed by atoms with Crippen molar-refractivity contribution < 1.29 is 19.1 Å². The van der Waals surface area contributed by atoms with Crippen molar-refractivity contribution in [3.8, 4) is 5.75 Å². The van der Waals surface area contributed by atoms with E-state index in [9.17, 15) is 14.7 Å². The van der Waals surface area contributed by atoms with Crippen LogP contribution in [0.4, 0.5) is 11.4 Å². The predicted octanol–water partition coefficient (Wildman–Crippen LogP) is 3.88. The van der Waals surface area contributed by atoms with Crippen LogP contribution >= 0.6 is 0 Å². The van der Waals surface area contributed by atoms with Gasteiger partial charge < -0.3 is 19.2 Å². The lowest BCUT2D eigenvalue weighted by molar-refractivity contribution is 0.0505. The minimum atomic E-state index is -0.687. The molecule has 0 atom stereocenters. The van der Waals surface area contributed by atoms with E-state index in [1.54, 1.807) is 47.4 Å². The third kappa shape index (κ3) is 4.29. The second-order valence-electron chi connectivity index (χ2n) is 6.64. The fraction of sp³-hybridized carbons (Fsp3) is 0.227. The quantitative estimate of drug-likeness (QED) is 0.387. The number of rotatable bonds is 6. The van der Waals surface area contributed by atoms with E-state index >= 15 is 0 Å². The Kier molecular flexibility index (Phi) is 5.97. The summed E-state index contributed by atoms with van der Waals surface area (Å²) in [7, 11) is 3.64. The number of benzene rings is 2. The Morgan fingerprint density at radius 3 is 2.59 bits per heavy atom. The molecule has 0 aliphatic heterocycles. The normalized spacial score (nSPS) is 11.1. The van der Waals surface area contributed by atoms with Crippen molar-refractivity contribution in [1.82, 2.24) is 0 Å². The van der Waals surface area contributed by atoms with Crippen LogP contribution < -0.4 is 10.5 Å². The molecule has 0 saturated heterocycles. The fourth-order valence-corrected chi connectivity index (χ4v) is 2.77. The smallest absolute Gasteiger partial charge is 0.349 e. The van der Waals surface area contributed by atoms with Gasteiger partial charge >= 0.3 is 11.6 Å². The van der Waals surface area contributed by atoms with Crippen molar-refractivity contribution in [3.05, 3.63) is 64.0 Å². The van der Waals surface area contributed by atoms with Gasteiger partial charge in [-0.25, -0.2) is 9.59 Å². The Morgan fingerprint density at radius 1 is 1.21 bits per heavy atom. The van der Waals surface area contributed by atoms with E-state index in [0.29, 0.717) is 34.5 Å². The number of aliphatic imine (C=N–C) groups is 1. The van der Waals surface area contributed by atoms with E-state index in [4.69, 9.17) is 9.15 Å². The van der Waals surface area contributed by atoms with Crippen LogP contribution in [0.15, 0.2) is 56.7 Å². The average molecular weight is 394 g/mol. The van der Waals surface area contributed by atoms with Gasteiger partial charge in [0, 0.05) is 20.3 Å². The number of para-hydroxylation sites is 1. The minimum Gasteiger partial charge on any atom is -0.506 e. The second-order valence-corrected chi connectivity index (χ2v) is 6.64. The maximum absolute atomic E-state index is 12.4. The monoisotopic (exact) mass is 394 g/mol. The molecule has 2 aromatic carbocycles. The summed E-state index contributed by atoms with van der Waals surface area (Å²) in [6.45, 7) is 2.29. The number of hydrogen-bond acceptors (Lipinski definition) is 7. The summed E-state index contributed by atoms with van der Waals surface area (Å²) in [4.78, 5) is 30.2. The molecule has 150 valence electrons. The van der Waals surface area contributed by atoms with Crippen molar-refractivity contribution in [1.29, 1.82) is 0 Å². The van der Waals surface area contributed by atoms with E-state index in [0.717, 1.165) is 6.42 Å². The fourth-order valence-electron chi connectivity index (χ4n) is 2.77. The molecule has 3 rings (SSSR count). The zero-order valence-corrected chi connectivity index (χ0v) is 16.5. The number of esters is 1. The van der Waals surface area contributed by atoms with Gasteiger partial charge in [0.15, 0.2) is 5.58 Å². The first-order chi connectivity index (χ1) is 13.9. The molecule has 0 aliphatic rings. The molecule has 1 N–H and O–H groups in total. The highest BCUT2D eigenvalue weighted by atomic mass is 16.5. The van der Waals surface area contributed by atoms with Crippen molar-refractivity contribution in [3.63, 3.8) is 0 Å². The molecule has 0 spiro atoms. The van der Waals surface area contributed by atoms with Gasteiger partial charge in [0.05, 0.1) is 28.9 Å². The molecule has 29 heavy (non-hydrogen) atoms. The van der Waals surface area contributed by atoms with E-state index in [-0.39, 0.29) is 11.3 Å². The molecule has 0 aliphatic carbocycles. The minimum absolute atomic E-state index is 0.0418. The lowest BCUT2D eigenvalue weighted by atomic mass is 10.1. The summed E-state index contributed by atoms with van der Waals surface area (Å²) in [6, 6.07) is 11.7. The van der Waals surface area contributed by atoms with Gasteiger partial charge in [0.25, 0.3) is 0 Å². The van der Waals surface area contributed by atoms with E-state index < -0.39 is 11.6 Å². The number of aromatic hydroxyl groups is 1. The van der Waals surface area contributed by atoms with E-state index in [2.05, 4.69) is 4.99 Å². The maximum atomic E-state index is 12.4.